The number of amides is 1. The van der Waals surface area contributed by atoms with Gasteiger partial charge in [-0.15, -0.1) is 11.3 Å². The number of rotatable bonds is 7. The van der Waals surface area contributed by atoms with Gasteiger partial charge in [0.1, 0.15) is 10.9 Å². The van der Waals surface area contributed by atoms with E-state index in [-0.39, 0.29) is 11.3 Å². The zero-order valence-electron chi connectivity index (χ0n) is 16.6. The van der Waals surface area contributed by atoms with Crippen molar-refractivity contribution in [2.45, 2.75) is 51.4 Å². The molecule has 1 aliphatic rings. The second-order valence-corrected chi connectivity index (χ2v) is 8.84. The molecule has 7 nitrogen and oxygen atoms in total. The fourth-order valence-corrected chi connectivity index (χ4v) is 4.14. The summed E-state index contributed by atoms with van der Waals surface area (Å²) >= 11 is 1.49. The van der Waals surface area contributed by atoms with Crippen LogP contribution in [0.15, 0.2) is 17.6 Å². The summed E-state index contributed by atoms with van der Waals surface area (Å²) in [6.07, 6.45) is 4.13. The fourth-order valence-electron chi connectivity index (χ4n) is 3.04. The van der Waals surface area contributed by atoms with Crippen LogP contribution in [0.2, 0.25) is 0 Å². The second-order valence-electron chi connectivity index (χ2n) is 7.95. The van der Waals surface area contributed by atoms with E-state index in [9.17, 15) is 10.1 Å². The number of nitrogens with one attached hydrogen (secondary N) is 1. The molecule has 0 aliphatic carbocycles. The highest BCUT2D eigenvalue weighted by molar-refractivity contribution is 7.09. The lowest BCUT2D eigenvalue weighted by molar-refractivity contribution is -0.127. The Hall–Kier alpha value is -2.53. The number of thiazole rings is 1. The van der Waals surface area contributed by atoms with Crippen LogP contribution in [-0.4, -0.2) is 45.4 Å². The first kappa shape index (κ1) is 20.2. The minimum atomic E-state index is -0.508. The molecule has 0 saturated carbocycles. The summed E-state index contributed by atoms with van der Waals surface area (Å²) in [4.78, 5) is 27.0. The average Bonchev–Trinajstić information content (AvgIpc) is 3.29. The van der Waals surface area contributed by atoms with Crippen LogP contribution in [0.5, 0.6) is 0 Å². The van der Waals surface area contributed by atoms with Gasteiger partial charge in [0.05, 0.1) is 17.5 Å². The first-order valence-corrected chi connectivity index (χ1v) is 10.5. The summed E-state index contributed by atoms with van der Waals surface area (Å²) in [5.74, 6) is 0.234. The Morgan fingerprint density at radius 2 is 2.21 bits per heavy atom. The molecule has 1 saturated heterocycles. The molecule has 1 aliphatic heterocycles. The molecule has 2 aromatic rings. The van der Waals surface area contributed by atoms with Crippen LogP contribution in [0.1, 0.15) is 62.3 Å². The lowest BCUT2D eigenvalue weighted by Crippen LogP contribution is -2.27. The summed E-state index contributed by atoms with van der Waals surface area (Å²) in [7, 11) is 0. The summed E-state index contributed by atoms with van der Waals surface area (Å²) < 4.78 is 0. The summed E-state index contributed by atoms with van der Waals surface area (Å²) in [6, 6.07) is 4.09. The number of nitriles is 1. The predicted octanol–water partition coefficient (Wildman–Crippen LogP) is 3.31. The van der Waals surface area contributed by atoms with Gasteiger partial charge < -0.3 is 10.2 Å². The Bertz CT molecular complexity index is 866. The molecule has 2 aromatic heterocycles. The Morgan fingerprint density at radius 3 is 2.86 bits per heavy atom. The third-order valence-corrected chi connectivity index (χ3v) is 5.61. The van der Waals surface area contributed by atoms with Gasteiger partial charge in [-0.25, -0.2) is 15.0 Å². The van der Waals surface area contributed by atoms with E-state index in [2.05, 4.69) is 47.1 Å². The quantitative estimate of drug-likeness (QED) is 0.719. The first-order valence-electron chi connectivity index (χ1n) is 9.58. The lowest BCUT2D eigenvalue weighted by atomic mass is 9.93. The number of likely N-dealkylation sites (tertiary alicyclic amines) is 1. The number of carbonyl (C=O) groups excluding carboxylic acids is 1. The Balaban J connectivity index is 1.62. The molecule has 0 radical (unpaired) electrons. The number of anilines is 1. The molecule has 8 heteroatoms. The monoisotopic (exact) mass is 398 g/mol. The van der Waals surface area contributed by atoms with Gasteiger partial charge in [0, 0.05) is 43.0 Å². The van der Waals surface area contributed by atoms with Gasteiger partial charge in [-0.1, -0.05) is 20.8 Å². The average molecular weight is 399 g/mol. The predicted molar refractivity (Wildman–Crippen MR) is 109 cm³/mol. The third-order valence-electron chi connectivity index (χ3n) is 4.70. The van der Waals surface area contributed by atoms with Crippen LogP contribution in [0.3, 0.4) is 0 Å². The van der Waals surface area contributed by atoms with E-state index in [0.29, 0.717) is 24.6 Å². The number of nitrogens with zero attached hydrogens (tertiary/aromatic N) is 5. The summed E-state index contributed by atoms with van der Waals surface area (Å²) in [5.41, 5.74) is 1.57. The molecule has 1 atom stereocenters. The molecule has 1 N–H and O–H groups in total. The normalized spacial score (nSPS) is 15.5. The van der Waals surface area contributed by atoms with Crippen LogP contribution in [0.25, 0.3) is 0 Å². The SMILES string of the molecule is CC(C)(C)c1csc(C(C#N)c2ccnc(NCCCN3CCCC3=O)n2)n1. The van der Waals surface area contributed by atoms with E-state index in [0.717, 1.165) is 36.6 Å². The smallest absolute Gasteiger partial charge is 0.222 e. The van der Waals surface area contributed by atoms with Crippen LogP contribution >= 0.6 is 11.3 Å². The van der Waals surface area contributed by atoms with E-state index < -0.39 is 5.92 Å². The van der Waals surface area contributed by atoms with Crippen LogP contribution in [-0.2, 0) is 10.2 Å². The Labute approximate surface area is 169 Å². The zero-order valence-corrected chi connectivity index (χ0v) is 17.4. The van der Waals surface area contributed by atoms with Gasteiger partial charge in [0.15, 0.2) is 0 Å². The Kier molecular flexibility index (Phi) is 6.25. The van der Waals surface area contributed by atoms with Gasteiger partial charge in [-0.3, -0.25) is 4.79 Å². The van der Waals surface area contributed by atoms with E-state index in [1.807, 2.05) is 10.3 Å². The standard InChI is InChI=1S/C20H26N6OS/c1-20(2,3)16-13-28-18(25-16)14(12-21)15-7-9-23-19(24-15)22-8-5-11-26-10-4-6-17(26)27/h7,9,13-14H,4-6,8,10-11H2,1-3H3,(H,22,23,24). The van der Waals surface area contributed by atoms with Gasteiger partial charge in [-0.2, -0.15) is 5.26 Å². The molecule has 0 spiro atoms. The minimum absolute atomic E-state index is 0.0517. The lowest BCUT2D eigenvalue weighted by Gasteiger charge is -2.15. The van der Waals surface area contributed by atoms with Crippen molar-refractivity contribution in [1.82, 2.24) is 19.9 Å². The van der Waals surface area contributed by atoms with Crippen molar-refractivity contribution in [3.05, 3.63) is 34.0 Å². The van der Waals surface area contributed by atoms with E-state index in [4.69, 9.17) is 0 Å². The van der Waals surface area contributed by atoms with Gasteiger partial charge in [0.2, 0.25) is 11.9 Å². The topological polar surface area (TPSA) is 94.8 Å². The highest BCUT2D eigenvalue weighted by atomic mass is 32.1. The minimum Gasteiger partial charge on any atom is -0.354 e. The molecular formula is C20H26N6OS. The number of hydrogen-bond donors (Lipinski definition) is 1. The third kappa shape index (κ3) is 4.84. The second kappa shape index (κ2) is 8.65. The van der Waals surface area contributed by atoms with Gasteiger partial charge in [-0.05, 0) is 18.9 Å². The summed E-state index contributed by atoms with van der Waals surface area (Å²) in [6.45, 7) is 8.61. The molecule has 1 fully saturated rings. The number of carbonyl (C=O) groups is 1. The van der Waals surface area contributed by atoms with Crippen molar-refractivity contribution in [3.63, 3.8) is 0 Å². The zero-order chi connectivity index (χ0) is 20.1. The van der Waals surface area contributed by atoms with Crippen LogP contribution < -0.4 is 5.32 Å². The van der Waals surface area contributed by atoms with Crippen molar-refractivity contribution in [2.24, 2.45) is 0 Å². The largest absolute Gasteiger partial charge is 0.354 e. The van der Waals surface area contributed by atoms with Crippen molar-refractivity contribution >= 4 is 23.2 Å². The van der Waals surface area contributed by atoms with Crippen LogP contribution in [0, 0.1) is 11.3 Å². The molecule has 1 unspecified atom stereocenters. The maximum Gasteiger partial charge on any atom is 0.222 e. The highest BCUT2D eigenvalue weighted by Crippen LogP contribution is 2.30. The molecule has 0 bridgehead atoms. The molecular weight excluding hydrogens is 372 g/mol. The molecule has 3 rings (SSSR count). The number of aromatic nitrogens is 3. The molecule has 3 heterocycles. The van der Waals surface area contributed by atoms with Gasteiger partial charge >= 0.3 is 0 Å². The first-order chi connectivity index (χ1) is 13.4. The highest BCUT2D eigenvalue weighted by Gasteiger charge is 2.24. The van der Waals surface area contributed by atoms with E-state index in [1.165, 1.54) is 11.3 Å². The fraction of sp³-hybridized carbons (Fsp3) is 0.550. The molecule has 148 valence electrons. The molecule has 28 heavy (non-hydrogen) atoms. The summed E-state index contributed by atoms with van der Waals surface area (Å²) in [5, 5.41) is 15.7. The van der Waals surface area contributed by atoms with Crippen LogP contribution in [0.4, 0.5) is 5.95 Å². The Morgan fingerprint density at radius 1 is 1.39 bits per heavy atom. The van der Waals surface area contributed by atoms with Crippen molar-refractivity contribution in [1.29, 1.82) is 5.26 Å². The molecule has 1 amide bonds. The number of hydrogen-bond acceptors (Lipinski definition) is 7. The van der Waals surface area contributed by atoms with Crippen molar-refractivity contribution in [3.8, 4) is 6.07 Å². The van der Waals surface area contributed by atoms with Crippen molar-refractivity contribution in [2.75, 3.05) is 25.0 Å². The van der Waals surface area contributed by atoms with E-state index in [1.54, 1.807) is 12.3 Å². The molecule has 0 aromatic carbocycles. The maximum absolute atomic E-state index is 11.6. The van der Waals surface area contributed by atoms with E-state index >= 15 is 0 Å². The van der Waals surface area contributed by atoms with Crippen molar-refractivity contribution < 1.29 is 4.79 Å². The van der Waals surface area contributed by atoms with Gasteiger partial charge in [0.25, 0.3) is 0 Å². The maximum atomic E-state index is 11.6.